The zero-order valence-electron chi connectivity index (χ0n) is 12.2. The molecule has 0 spiro atoms. The smallest absolute Gasteiger partial charge is 0.205 e. The molecule has 1 fully saturated rings. The molecule has 2 heterocycles. The Bertz CT molecular complexity index is 635. The first-order valence-corrected chi connectivity index (χ1v) is 7.40. The maximum atomic E-state index is 12.9. The fourth-order valence-corrected chi connectivity index (χ4v) is 3.28. The highest BCUT2D eigenvalue weighted by molar-refractivity contribution is 6.01. The number of carbonyl (C=O) groups excluding carboxylic acids is 1. The summed E-state index contributed by atoms with van der Waals surface area (Å²) in [5, 5.41) is 4.35. The summed E-state index contributed by atoms with van der Waals surface area (Å²) in [5.41, 5.74) is 1.72. The van der Waals surface area contributed by atoms with Crippen LogP contribution in [-0.4, -0.2) is 18.9 Å². The van der Waals surface area contributed by atoms with Crippen molar-refractivity contribution in [2.45, 2.75) is 33.1 Å². The highest BCUT2D eigenvalue weighted by Gasteiger charge is 2.42. The van der Waals surface area contributed by atoms with E-state index in [0.717, 1.165) is 43.3 Å². The van der Waals surface area contributed by atoms with Gasteiger partial charge in [0, 0.05) is 11.9 Å². The van der Waals surface area contributed by atoms with Crippen LogP contribution in [0.25, 0.3) is 11.0 Å². The molecule has 0 saturated carbocycles. The maximum Gasteiger partial charge on any atom is 0.205 e. The highest BCUT2D eigenvalue weighted by atomic mass is 16.3. The Morgan fingerprint density at radius 3 is 2.95 bits per heavy atom. The molecule has 3 heteroatoms. The van der Waals surface area contributed by atoms with Crippen LogP contribution in [-0.2, 0) is 0 Å². The summed E-state index contributed by atoms with van der Waals surface area (Å²) in [7, 11) is 0. The summed E-state index contributed by atoms with van der Waals surface area (Å²) in [5.74, 6) is 0.681. The average Bonchev–Trinajstić information content (AvgIpc) is 3.05. The van der Waals surface area contributed by atoms with E-state index in [1.807, 2.05) is 25.1 Å². The lowest BCUT2D eigenvalue weighted by atomic mass is 9.77. The molecule has 0 amide bonds. The minimum absolute atomic E-state index is 0.165. The fraction of sp³-hybridized carbons (Fsp3) is 0.471. The molecular formula is C17H21NO2. The van der Waals surface area contributed by atoms with Gasteiger partial charge in [0.05, 0.1) is 5.41 Å². The zero-order valence-corrected chi connectivity index (χ0v) is 12.2. The second kappa shape index (κ2) is 5.06. The second-order valence-corrected chi connectivity index (χ2v) is 5.94. The van der Waals surface area contributed by atoms with Crippen LogP contribution >= 0.6 is 0 Å². The van der Waals surface area contributed by atoms with Crippen LogP contribution in [0.2, 0.25) is 0 Å². The van der Waals surface area contributed by atoms with Crippen molar-refractivity contribution in [1.82, 2.24) is 5.32 Å². The molecule has 1 aromatic carbocycles. The van der Waals surface area contributed by atoms with Crippen molar-refractivity contribution in [3.8, 4) is 0 Å². The second-order valence-electron chi connectivity index (χ2n) is 5.94. The molecule has 2 aromatic rings. The Hall–Kier alpha value is -1.61. The van der Waals surface area contributed by atoms with Crippen LogP contribution in [0.4, 0.5) is 0 Å². The Kier molecular flexibility index (Phi) is 3.38. The number of aryl methyl sites for hydroxylation is 1. The summed E-state index contributed by atoms with van der Waals surface area (Å²) < 4.78 is 5.79. The van der Waals surface area contributed by atoms with Gasteiger partial charge in [0.25, 0.3) is 0 Å². The van der Waals surface area contributed by atoms with E-state index in [2.05, 4.69) is 18.3 Å². The van der Waals surface area contributed by atoms with E-state index in [9.17, 15) is 4.79 Å². The molecule has 0 bridgehead atoms. The Morgan fingerprint density at radius 1 is 1.40 bits per heavy atom. The highest BCUT2D eigenvalue weighted by Crippen LogP contribution is 2.36. The van der Waals surface area contributed by atoms with Crippen molar-refractivity contribution in [1.29, 1.82) is 0 Å². The molecule has 1 unspecified atom stereocenters. The Labute approximate surface area is 119 Å². The van der Waals surface area contributed by atoms with Crippen LogP contribution < -0.4 is 5.32 Å². The third-order valence-electron chi connectivity index (χ3n) is 4.35. The first-order valence-electron chi connectivity index (χ1n) is 7.40. The molecule has 1 saturated heterocycles. The van der Waals surface area contributed by atoms with E-state index in [1.165, 1.54) is 5.56 Å². The Morgan fingerprint density at radius 2 is 2.25 bits per heavy atom. The number of furan rings is 1. The lowest BCUT2D eigenvalue weighted by molar-refractivity contribution is 0.0773. The number of Topliss-reactive ketones (excluding diaryl/α,β-unsaturated/α-hetero) is 1. The summed E-state index contributed by atoms with van der Waals surface area (Å²) in [6, 6.07) is 7.93. The fourth-order valence-electron chi connectivity index (χ4n) is 3.28. The lowest BCUT2D eigenvalue weighted by Gasteiger charge is -2.24. The van der Waals surface area contributed by atoms with E-state index < -0.39 is 0 Å². The van der Waals surface area contributed by atoms with E-state index in [1.54, 1.807) is 0 Å². The molecule has 3 rings (SSSR count). The van der Waals surface area contributed by atoms with Gasteiger partial charge in [-0.1, -0.05) is 25.0 Å². The molecule has 0 radical (unpaired) electrons. The number of hydrogen-bond donors (Lipinski definition) is 1. The van der Waals surface area contributed by atoms with Gasteiger partial charge in [0.1, 0.15) is 5.58 Å². The molecule has 20 heavy (non-hydrogen) atoms. The first kappa shape index (κ1) is 13.4. The molecule has 1 atom stereocenters. The van der Waals surface area contributed by atoms with Crippen molar-refractivity contribution < 1.29 is 9.21 Å². The predicted molar refractivity (Wildman–Crippen MR) is 80.1 cm³/mol. The lowest BCUT2D eigenvalue weighted by Crippen LogP contribution is -2.33. The van der Waals surface area contributed by atoms with Crippen molar-refractivity contribution >= 4 is 16.8 Å². The first-order chi connectivity index (χ1) is 9.64. The Balaban J connectivity index is 1.98. The number of carbonyl (C=O) groups is 1. The average molecular weight is 271 g/mol. The minimum Gasteiger partial charge on any atom is -0.453 e. The molecule has 1 aromatic heterocycles. The standard InChI is InChI=1S/C17H21NO2/c1-3-6-17(7-8-18-11-17)16(19)15-10-13-9-12(2)4-5-14(13)20-15/h4-5,9-10,18H,3,6-8,11H2,1-2H3. The van der Waals surface area contributed by atoms with Gasteiger partial charge in [-0.2, -0.15) is 0 Å². The van der Waals surface area contributed by atoms with Crippen LogP contribution in [0.1, 0.15) is 42.3 Å². The monoisotopic (exact) mass is 271 g/mol. The molecule has 1 aliphatic rings. The van der Waals surface area contributed by atoms with Crippen LogP contribution in [0.3, 0.4) is 0 Å². The van der Waals surface area contributed by atoms with Gasteiger partial charge < -0.3 is 9.73 Å². The van der Waals surface area contributed by atoms with Crippen LogP contribution in [0.5, 0.6) is 0 Å². The summed E-state index contributed by atoms with van der Waals surface area (Å²) >= 11 is 0. The van der Waals surface area contributed by atoms with Gasteiger partial charge in [-0.15, -0.1) is 0 Å². The van der Waals surface area contributed by atoms with E-state index in [0.29, 0.717) is 5.76 Å². The number of hydrogen-bond acceptors (Lipinski definition) is 3. The summed E-state index contributed by atoms with van der Waals surface area (Å²) in [6.07, 6.45) is 2.86. The predicted octanol–water partition coefficient (Wildman–Crippen LogP) is 3.70. The molecule has 0 aliphatic carbocycles. The summed E-state index contributed by atoms with van der Waals surface area (Å²) in [6.45, 7) is 5.88. The zero-order chi connectivity index (χ0) is 14.2. The SMILES string of the molecule is CCCC1(C(=O)c2cc3cc(C)ccc3o2)CCNC1. The van der Waals surface area contributed by atoms with Crippen LogP contribution in [0.15, 0.2) is 28.7 Å². The topological polar surface area (TPSA) is 42.2 Å². The maximum absolute atomic E-state index is 12.9. The molecule has 1 aliphatic heterocycles. The minimum atomic E-state index is -0.266. The van der Waals surface area contributed by atoms with Crippen molar-refractivity contribution in [3.05, 3.63) is 35.6 Å². The van der Waals surface area contributed by atoms with Gasteiger partial charge >= 0.3 is 0 Å². The number of benzene rings is 1. The molecular weight excluding hydrogens is 250 g/mol. The number of ketones is 1. The van der Waals surface area contributed by atoms with Crippen molar-refractivity contribution in [2.75, 3.05) is 13.1 Å². The van der Waals surface area contributed by atoms with Gasteiger partial charge in [-0.3, -0.25) is 4.79 Å². The summed E-state index contributed by atoms with van der Waals surface area (Å²) in [4.78, 5) is 12.9. The van der Waals surface area contributed by atoms with Crippen molar-refractivity contribution in [3.63, 3.8) is 0 Å². The number of rotatable bonds is 4. The van der Waals surface area contributed by atoms with Crippen LogP contribution in [0, 0.1) is 12.3 Å². The van der Waals surface area contributed by atoms with Gasteiger partial charge in [-0.25, -0.2) is 0 Å². The van der Waals surface area contributed by atoms with E-state index in [-0.39, 0.29) is 11.2 Å². The third kappa shape index (κ3) is 2.16. The van der Waals surface area contributed by atoms with Crippen molar-refractivity contribution in [2.24, 2.45) is 5.41 Å². The largest absolute Gasteiger partial charge is 0.453 e. The molecule has 1 N–H and O–H groups in total. The van der Waals surface area contributed by atoms with E-state index in [4.69, 9.17) is 4.42 Å². The van der Waals surface area contributed by atoms with Gasteiger partial charge in [0.15, 0.2) is 5.76 Å². The number of nitrogens with one attached hydrogen (secondary N) is 1. The van der Waals surface area contributed by atoms with E-state index >= 15 is 0 Å². The van der Waals surface area contributed by atoms with Gasteiger partial charge in [0.2, 0.25) is 5.78 Å². The molecule has 106 valence electrons. The quantitative estimate of drug-likeness (QED) is 0.862. The third-order valence-corrected chi connectivity index (χ3v) is 4.35. The number of fused-ring (bicyclic) bond motifs is 1. The molecule has 3 nitrogen and oxygen atoms in total. The normalized spacial score (nSPS) is 22.5. The van der Waals surface area contributed by atoms with Gasteiger partial charge in [-0.05, 0) is 44.5 Å².